The quantitative estimate of drug-likeness (QED) is 0.202. The van der Waals surface area contributed by atoms with Gasteiger partial charge in [-0.05, 0) is 66.8 Å². The monoisotopic (exact) mass is 616 g/mol. The first-order valence-corrected chi connectivity index (χ1v) is 13.8. The standard InChI is InChI=1S/C27H25IN2O5S/c1-4-35-27(32)26-22(17-29(19(3)31)25-12-8-6-10-23(25)28)21-9-5-7-11-24(21)30(26)36(33,34)20-15-13-18(2)14-16-20/h5-16H,4,17H2,1-3H3. The van der Waals surface area contributed by atoms with E-state index in [1.165, 1.54) is 24.0 Å². The molecule has 0 aliphatic carbocycles. The van der Waals surface area contributed by atoms with Crippen LogP contribution >= 0.6 is 22.6 Å². The van der Waals surface area contributed by atoms with E-state index < -0.39 is 16.0 Å². The van der Waals surface area contributed by atoms with Gasteiger partial charge in [0.2, 0.25) is 5.91 Å². The maximum atomic E-state index is 13.9. The van der Waals surface area contributed by atoms with Gasteiger partial charge in [-0.15, -0.1) is 0 Å². The molecule has 186 valence electrons. The Hall–Kier alpha value is -3.18. The van der Waals surface area contributed by atoms with Crippen molar-refractivity contribution in [1.82, 2.24) is 3.97 Å². The Labute approximate surface area is 223 Å². The van der Waals surface area contributed by atoms with Crippen LogP contribution in [0.25, 0.3) is 10.9 Å². The number of para-hydroxylation sites is 2. The van der Waals surface area contributed by atoms with Crippen LogP contribution in [0.15, 0.2) is 77.7 Å². The number of carbonyl (C=O) groups excluding carboxylic acids is 2. The number of hydrogen-bond donors (Lipinski definition) is 0. The fourth-order valence-corrected chi connectivity index (χ4v) is 6.31. The summed E-state index contributed by atoms with van der Waals surface area (Å²) in [6.45, 7) is 5.02. The number of anilines is 1. The van der Waals surface area contributed by atoms with Crippen LogP contribution in [0.5, 0.6) is 0 Å². The Kier molecular flexibility index (Phi) is 7.51. The van der Waals surface area contributed by atoms with Crippen molar-refractivity contribution in [3.8, 4) is 0 Å². The lowest BCUT2D eigenvalue weighted by Gasteiger charge is -2.23. The summed E-state index contributed by atoms with van der Waals surface area (Å²) in [5, 5.41) is 0.549. The predicted octanol–water partition coefficient (Wildman–Crippen LogP) is 5.52. The van der Waals surface area contributed by atoms with Gasteiger partial charge in [-0.2, -0.15) is 0 Å². The highest BCUT2D eigenvalue weighted by atomic mass is 127. The Morgan fingerprint density at radius 3 is 2.25 bits per heavy atom. The van der Waals surface area contributed by atoms with Crippen LogP contribution < -0.4 is 4.90 Å². The number of amides is 1. The number of halogens is 1. The number of aromatic nitrogens is 1. The minimum absolute atomic E-state index is 0.0135. The number of aryl methyl sites for hydroxylation is 1. The topological polar surface area (TPSA) is 85.7 Å². The summed E-state index contributed by atoms with van der Waals surface area (Å²) in [5.41, 5.74) is 2.19. The molecule has 0 aliphatic heterocycles. The number of esters is 1. The molecule has 0 fully saturated rings. The lowest BCUT2D eigenvalue weighted by molar-refractivity contribution is -0.116. The first-order chi connectivity index (χ1) is 17.2. The zero-order valence-electron chi connectivity index (χ0n) is 20.1. The van der Waals surface area contributed by atoms with Crippen LogP contribution in [0.3, 0.4) is 0 Å². The molecule has 0 saturated carbocycles. The van der Waals surface area contributed by atoms with Crippen molar-refractivity contribution in [3.63, 3.8) is 0 Å². The molecule has 0 N–H and O–H groups in total. The van der Waals surface area contributed by atoms with Crippen LogP contribution in [0.4, 0.5) is 5.69 Å². The average Bonchev–Trinajstić information content (AvgIpc) is 3.18. The molecule has 0 spiro atoms. The summed E-state index contributed by atoms with van der Waals surface area (Å²) < 4.78 is 35.1. The first kappa shape index (κ1) is 25.9. The third-order valence-electron chi connectivity index (χ3n) is 5.80. The smallest absolute Gasteiger partial charge is 0.356 e. The van der Waals surface area contributed by atoms with E-state index in [4.69, 9.17) is 4.74 Å². The summed E-state index contributed by atoms with van der Waals surface area (Å²) in [7, 11) is -4.17. The van der Waals surface area contributed by atoms with Gasteiger partial charge in [0.05, 0.1) is 29.3 Å². The van der Waals surface area contributed by atoms with E-state index in [2.05, 4.69) is 22.6 Å². The van der Waals surface area contributed by atoms with E-state index in [-0.39, 0.29) is 29.6 Å². The van der Waals surface area contributed by atoms with Crippen molar-refractivity contribution in [3.05, 3.63) is 93.2 Å². The van der Waals surface area contributed by atoms with Crippen molar-refractivity contribution in [2.45, 2.75) is 32.2 Å². The van der Waals surface area contributed by atoms with Gasteiger partial charge in [0.25, 0.3) is 10.0 Å². The third kappa shape index (κ3) is 4.77. The SMILES string of the molecule is CCOC(=O)c1c(CN(C(C)=O)c2ccccc2I)c2ccccc2n1S(=O)(=O)c1ccc(C)cc1. The van der Waals surface area contributed by atoms with Crippen LogP contribution in [0.2, 0.25) is 0 Å². The van der Waals surface area contributed by atoms with Crippen molar-refractivity contribution >= 4 is 61.1 Å². The minimum atomic E-state index is -4.17. The number of hydrogen-bond acceptors (Lipinski definition) is 5. The molecule has 4 aromatic rings. The molecule has 0 aliphatic rings. The fourth-order valence-electron chi connectivity index (χ4n) is 4.10. The summed E-state index contributed by atoms with van der Waals surface area (Å²) in [5.74, 6) is -1.02. The second-order valence-electron chi connectivity index (χ2n) is 8.20. The molecular weight excluding hydrogens is 591 g/mol. The molecule has 0 bridgehead atoms. The third-order valence-corrected chi connectivity index (χ3v) is 8.44. The maximum Gasteiger partial charge on any atom is 0.356 e. The molecule has 3 aromatic carbocycles. The number of fused-ring (bicyclic) bond motifs is 1. The highest BCUT2D eigenvalue weighted by Gasteiger charge is 2.33. The first-order valence-electron chi connectivity index (χ1n) is 11.3. The van der Waals surface area contributed by atoms with Gasteiger partial charge in [0.15, 0.2) is 0 Å². The molecule has 36 heavy (non-hydrogen) atoms. The van der Waals surface area contributed by atoms with E-state index in [0.717, 1.165) is 13.1 Å². The fraction of sp³-hybridized carbons (Fsp3) is 0.185. The Morgan fingerprint density at radius 2 is 1.61 bits per heavy atom. The summed E-state index contributed by atoms with van der Waals surface area (Å²) in [4.78, 5) is 27.7. The van der Waals surface area contributed by atoms with E-state index >= 15 is 0 Å². The van der Waals surface area contributed by atoms with E-state index in [9.17, 15) is 18.0 Å². The van der Waals surface area contributed by atoms with E-state index in [0.29, 0.717) is 22.2 Å². The van der Waals surface area contributed by atoms with Crippen molar-refractivity contribution in [1.29, 1.82) is 0 Å². The molecular formula is C27H25IN2O5S. The molecule has 0 saturated heterocycles. The normalized spacial score (nSPS) is 11.4. The molecule has 0 atom stereocenters. The van der Waals surface area contributed by atoms with Crippen molar-refractivity contribution in [2.75, 3.05) is 11.5 Å². The van der Waals surface area contributed by atoms with Gasteiger partial charge in [-0.1, -0.05) is 48.0 Å². The van der Waals surface area contributed by atoms with Gasteiger partial charge < -0.3 is 9.64 Å². The van der Waals surface area contributed by atoms with Gasteiger partial charge in [0, 0.05) is 21.4 Å². The second kappa shape index (κ2) is 10.4. The molecule has 0 radical (unpaired) electrons. The maximum absolute atomic E-state index is 13.9. The van der Waals surface area contributed by atoms with Crippen molar-refractivity contribution in [2.24, 2.45) is 0 Å². The van der Waals surface area contributed by atoms with Crippen LogP contribution in [-0.4, -0.2) is 30.9 Å². The van der Waals surface area contributed by atoms with Crippen LogP contribution in [0, 0.1) is 10.5 Å². The number of ether oxygens (including phenoxy) is 1. The van der Waals surface area contributed by atoms with Gasteiger partial charge in [0.1, 0.15) is 5.69 Å². The molecule has 4 rings (SSSR count). The molecule has 9 heteroatoms. The minimum Gasteiger partial charge on any atom is -0.461 e. The summed E-state index contributed by atoms with van der Waals surface area (Å²) in [6.07, 6.45) is 0. The van der Waals surface area contributed by atoms with Crippen LogP contribution in [0.1, 0.15) is 35.5 Å². The summed E-state index contributed by atoms with van der Waals surface area (Å²) in [6, 6.07) is 20.7. The zero-order valence-corrected chi connectivity index (χ0v) is 23.0. The number of benzene rings is 3. The lowest BCUT2D eigenvalue weighted by Crippen LogP contribution is -2.30. The van der Waals surface area contributed by atoms with E-state index in [1.807, 2.05) is 31.2 Å². The molecule has 0 unspecified atom stereocenters. The molecule has 1 amide bonds. The van der Waals surface area contributed by atoms with Crippen LogP contribution in [-0.2, 0) is 26.1 Å². The Balaban J connectivity index is 2.02. The lowest BCUT2D eigenvalue weighted by atomic mass is 10.1. The van der Waals surface area contributed by atoms with Crippen molar-refractivity contribution < 1.29 is 22.7 Å². The largest absolute Gasteiger partial charge is 0.461 e. The van der Waals surface area contributed by atoms with E-state index in [1.54, 1.807) is 43.3 Å². The van der Waals surface area contributed by atoms with Gasteiger partial charge >= 0.3 is 5.97 Å². The highest BCUT2D eigenvalue weighted by Crippen LogP contribution is 2.34. The number of nitrogens with zero attached hydrogens (tertiary/aromatic N) is 2. The van der Waals surface area contributed by atoms with Gasteiger partial charge in [-0.25, -0.2) is 17.2 Å². The number of rotatable bonds is 7. The molecule has 1 aromatic heterocycles. The second-order valence-corrected chi connectivity index (χ2v) is 11.2. The predicted molar refractivity (Wildman–Crippen MR) is 148 cm³/mol. The highest BCUT2D eigenvalue weighted by molar-refractivity contribution is 14.1. The molecule has 7 nitrogen and oxygen atoms in total. The molecule has 1 heterocycles. The Bertz CT molecular complexity index is 1560. The summed E-state index contributed by atoms with van der Waals surface area (Å²) >= 11 is 2.15. The Morgan fingerprint density at radius 1 is 0.972 bits per heavy atom. The number of carbonyl (C=O) groups is 2. The zero-order chi connectivity index (χ0) is 26.0. The average molecular weight is 616 g/mol. The van der Waals surface area contributed by atoms with Gasteiger partial charge in [-0.3, -0.25) is 4.79 Å².